The van der Waals surface area contributed by atoms with Gasteiger partial charge in [0.2, 0.25) is 11.8 Å². The lowest BCUT2D eigenvalue weighted by Crippen LogP contribution is -2.14. The molecule has 0 aromatic carbocycles. The molecule has 1 N–H and O–H groups in total. The fourth-order valence-corrected chi connectivity index (χ4v) is 3.19. The van der Waals surface area contributed by atoms with Crippen LogP contribution in [0.3, 0.4) is 0 Å². The highest BCUT2D eigenvalue weighted by Crippen LogP contribution is 2.26. The third kappa shape index (κ3) is 3.21. The Morgan fingerprint density at radius 2 is 2.30 bits per heavy atom. The molecule has 5 nitrogen and oxygen atoms in total. The number of thioether (sulfide) groups is 1. The van der Waals surface area contributed by atoms with E-state index in [1.165, 1.54) is 23.1 Å². The number of nitrogens with one attached hydrogen (secondary N) is 1. The van der Waals surface area contributed by atoms with Crippen molar-refractivity contribution in [1.82, 2.24) is 4.98 Å². The Morgan fingerprint density at radius 3 is 2.90 bits per heavy atom. The summed E-state index contributed by atoms with van der Waals surface area (Å²) in [4.78, 5) is 16.1. The molecule has 104 valence electrons. The molecule has 0 aliphatic carbocycles. The highest BCUT2D eigenvalue weighted by molar-refractivity contribution is 8.01. The number of rotatable bonds is 4. The van der Waals surface area contributed by atoms with E-state index in [-0.39, 0.29) is 17.5 Å². The van der Waals surface area contributed by atoms with Gasteiger partial charge >= 0.3 is 0 Å². The third-order valence-corrected chi connectivity index (χ3v) is 4.81. The van der Waals surface area contributed by atoms with Crippen molar-refractivity contribution in [3.8, 4) is 6.07 Å². The van der Waals surface area contributed by atoms with Gasteiger partial charge in [-0.3, -0.25) is 10.1 Å². The number of hydrogen-bond donors (Lipinski definition) is 1. The van der Waals surface area contributed by atoms with Gasteiger partial charge in [-0.25, -0.2) is 4.98 Å². The van der Waals surface area contributed by atoms with Gasteiger partial charge < -0.3 is 4.42 Å². The molecule has 0 atom stereocenters. The fourth-order valence-electron chi connectivity index (χ4n) is 1.54. The average molecular weight is 307 g/mol. The second kappa shape index (κ2) is 6.11. The summed E-state index contributed by atoms with van der Waals surface area (Å²) in [6.07, 6.45) is 0. The number of anilines is 1. The smallest absolute Gasteiger partial charge is 0.237 e. The van der Waals surface area contributed by atoms with Crippen LogP contribution in [0, 0.1) is 32.1 Å². The number of aryl methyl sites for hydroxylation is 2. The van der Waals surface area contributed by atoms with Crippen molar-refractivity contribution >= 4 is 34.9 Å². The van der Waals surface area contributed by atoms with Crippen LogP contribution in [0.25, 0.3) is 0 Å². The second-order valence-corrected chi connectivity index (χ2v) is 6.27. The van der Waals surface area contributed by atoms with Crippen molar-refractivity contribution in [2.24, 2.45) is 0 Å². The number of hydrogen-bond acceptors (Lipinski definition) is 6. The molecule has 0 bridgehead atoms. The van der Waals surface area contributed by atoms with Crippen LogP contribution in [0.4, 0.5) is 5.88 Å². The Morgan fingerprint density at radius 1 is 1.55 bits per heavy atom. The number of furan rings is 1. The molecule has 0 saturated carbocycles. The van der Waals surface area contributed by atoms with Gasteiger partial charge in [0.1, 0.15) is 17.4 Å². The molecular weight excluding hydrogens is 294 g/mol. The Balaban J connectivity index is 1.98. The molecule has 7 heteroatoms. The first-order valence-electron chi connectivity index (χ1n) is 5.86. The van der Waals surface area contributed by atoms with E-state index in [1.54, 1.807) is 13.8 Å². The standard InChI is InChI=1S/C13H13N3O2S2/c1-7-5-19-13(15-7)20-6-11(17)16-12-10(4-14)8(2)9(3)18-12/h5H,6H2,1-3H3,(H,16,17). The van der Waals surface area contributed by atoms with E-state index in [0.717, 1.165) is 15.6 Å². The minimum atomic E-state index is -0.215. The number of carbonyl (C=O) groups is 1. The zero-order valence-corrected chi connectivity index (χ0v) is 12.9. The number of thiazole rings is 1. The Labute approximate surface area is 125 Å². The Hall–Kier alpha value is -1.78. The Kier molecular flexibility index (Phi) is 4.47. The summed E-state index contributed by atoms with van der Waals surface area (Å²) in [5, 5.41) is 13.6. The molecule has 0 aliphatic rings. The molecule has 1 amide bonds. The molecule has 0 unspecified atom stereocenters. The van der Waals surface area contributed by atoms with Gasteiger partial charge in [0.25, 0.3) is 0 Å². The van der Waals surface area contributed by atoms with Crippen LogP contribution in [0.2, 0.25) is 0 Å². The minimum Gasteiger partial charge on any atom is -0.444 e. The van der Waals surface area contributed by atoms with E-state index in [0.29, 0.717) is 11.3 Å². The quantitative estimate of drug-likeness (QED) is 0.877. The van der Waals surface area contributed by atoms with Crippen LogP contribution in [0.1, 0.15) is 22.6 Å². The third-order valence-electron chi connectivity index (χ3n) is 2.67. The van der Waals surface area contributed by atoms with Gasteiger partial charge in [-0.05, 0) is 20.8 Å². The van der Waals surface area contributed by atoms with Crippen molar-refractivity contribution in [3.63, 3.8) is 0 Å². The molecule has 0 spiro atoms. The summed E-state index contributed by atoms with van der Waals surface area (Å²) in [7, 11) is 0. The molecule has 2 rings (SSSR count). The van der Waals surface area contributed by atoms with Crippen LogP contribution in [-0.2, 0) is 4.79 Å². The zero-order chi connectivity index (χ0) is 14.7. The number of nitrogens with zero attached hydrogens (tertiary/aromatic N) is 2. The van der Waals surface area contributed by atoms with Gasteiger partial charge in [0, 0.05) is 16.6 Å². The van der Waals surface area contributed by atoms with E-state index in [9.17, 15) is 4.79 Å². The number of aromatic nitrogens is 1. The van der Waals surface area contributed by atoms with E-state index in [2.05, 4.69) is 10.3 Å². The van der Waals surface area contributed by atoms with E-state index in [4.69, 9.17) is 9.68 Å². The van der Waals surface area contributed by atoms with Crippen molar-refractivity contribution in [3.05, 3.63) is 28.0 Å². The predicted octanol–water partition coefficient (Wildman–Crippen LogP) is 3.26. The van der Waals surface area contributed by atoms with Crippen molar-refractivity contribution in [1.29, 1.82) is 5.26 Å². The lowest BCUT2D eigenvalue weighted by atomic mass is 10.2. The van der Waals surface area contributed by atoms with Gasteiger partial charge in [-0.2, -0.15) is 5.26 Å². The monoisotopic (exact) mass is 307 g/mol. The molecular formula is C13H13N3O2S2. The van der Waals surface area contributed by atoms with Crippen LogP contribution in [0.15, 0.2) is 14.1 Å². The second-order valence-electron chi connectivity index (χ2n) is 4.19. The van der Waals surface area contributed by atoms with Crippen LogP contribution < -0.4 is 5.32 Å². The SMILES string of the molecule is Cc1csc(SCC(=O)Nc2oc(C)c(C)c2C#N)n1. The topological polar surface area (TPSA) is 78.9 Å². The first-order chi connectivity index (χ1) is 9.51. The summed E-state index contributed by atoms with van der Waals surface area (Å²) >= 11 is 2.87. The Bertz CT molecular complexity index is 682. The van der Waals surface area contributed by atoms with E-state index >= 15 is 0 Å². The largest absolute Gasteiger partial charge is 0.444 e. The first kappa shape index (κ1) is 14.6. The first-order valence-corrected chi connectivity index (χ1v) is 7.72. The zero-order valence-electron chi connectivity index (χ0n) is 11.3. The summed E-state index contributed by atoms with van der Waals surface area (Å²) in [6.45, 7) is 5.47. The van der Waals surface area contributed by atoms with Crippen LogP contribution in [0.5, 0.6) is 0 Å². The van der Waals surface area contributed by atoms with Crippen molar-refractivity contribution in [2.45, 2.75) is 25.1 Å². The summed E-state index contributed by atoms with van der Waals surface area (Å²) in [6, 6.07) is 2.04. The van der Waals surface area contributed by atoms with Crippen molar-refractivity contribution in [2.75, 3.05) is 11.1 Å². The van der Waals surface area contributed by atoms with Gasteiger partial charge in [0.05, 0.1) is 5.75 Å². The van der Waals surface area contributed by atoms with Crippen LogP contribution >= 0.6 is 23.1 Å². The highest BCUT2D eigenvalue weighted by atomic mass is 32.2. The lowest BCUT2D eigenvalue weighted by molar-refractivity contribution is -0.113. The average Bonchev–Trinajstić information content (AvgIpc) is 2.92. The molecule has 2 heterocycles. The molecule has 0 saturated heterocycles. The molecule has 20 heavy (non-hydrogen) atoms. The number of amides is 1. The molecule has 2 aromatic heterocycles. The van der Waals surface area contributed by atoms with Crippen LogP contribution in [-0.4, -0.2) is 16.6 Å². The van der Waals surface area contributed by atoms with Gasteiger partial charge in [-0.15, -0.1) is 11.3 Å². The summed E-state index contributed by atoms with van der Waals surface area (Å²) in [5.74, 6) is 0.882. The fraction of sp³-hybridized carbons (Fsp3) is 0.308. The maximum absolute atomic E-state index is 11.9. The number of nitriles is 1. The normalized spacial score (nSPS) is 10.3. The van der Waals surface area contributed by atoms with E-state index < -0.39 is 0 Å². The highest BCUT2D eigenvalue weighted by Gasteiger charge is 2.16. The predicted molar refractivity (Wildman–Crippen MR) is 79.1 cm³/mol. The summed E-state index contributed by atoms with van der Waals surface area (Å²) < 4.78 is 6.24. The minimum absolute atomic E-state index is 0.215. The summed E-state index contributed by atoms with van der Waals surface area (Å²) in [5.41, 5.74) is 2.08. The molecule has 0 aliphatic heterocycles. The van der Waals surface area contributed by atoms with Gasteiger partial charge in [-0.1, -0.05) is 11.8 Å². The maximum atomic E-state index is 11.9. The van der Waals surface area contributed by atoms with Gasteiger partial charge in [0.15, 0.2) is 4.34 Å². The maximum Gasteiger partial charge on any atom is 0.237 e. The van der Waals surface area contributed by atoms with Crippen molar-refractivity contribution < 1.29 is 9.21 Å². The molecule has 0 radical (unpaired) electrons. The molecule has 2 aromatic rings. The lowest BCUT2D eigenvalue weighted by Gasteiger charge is -2.01. The van der Waals surface area contributed by atoms with E-state index in [1.807, 2.05) is 18.4 Å². The number of carbonyl (C=O) groups excluding carboxylic acids is 1. The molecule has 0 fully saturated rings.